The van der Waals surface area contributed by atoms with E-state index < -0.39 is 5.97 Å². The van der Waals surface area contributed by atoms with E-state index >= 15 is 0 Å². The second kappa shape index (κ2) is 5.09. The molecule has 0 radical (unpaired) electrons. The van der Waals surface area contributed by atoms with E-state index in [1.165, 1.54) is 12.4 Å². The molecule has 0 amide bonds. The molecule has 1 aromatic rings. The summed E-state index contributed by atoms with van der Waals surface area (Å²) in [4.78, 5) is 23.3. The highest BCUT2D eigenvalue weighted by Crippen LogP contribution is 2.10. The molecule has 2 heterocycles. The maximum absolute atomic E-state index is 10.7. The lowest BCUT2D eigenvalue weighted by atomic mass is 10.3. The third-order valence-corrected chi connectivity index (χ3v) is 2.89. The molecule has 1 aromatic heterocycles. The molecule has 0 unspecified atom stereocenters. The maximum Gasteiger partial charge on any atom is 0.338 e. The normalized spacial score (nSPS) is 17.8. The average Bonchev–Trinajstić information content (AvgIpc) is 2.54. The number of nitrogens with zero attached hydrogens (tertiary/aromatic N) is 4. The number of hydrogen-bond donors (Lipinski definition) is 1. The number of hydrogen-bond acceptors (Lipinski definition) is 5. The van der Waals surface area contributed by atoms with Crippen LogP contribution in [-0.4, -0.2) is 59.2 Å². The summed E-state index contributed by atoms with van der Waals surface area (Å²) < 4.78 is 0. The monoisotopic (exact) mass is 236 g/mol. The predicted molar refractivity (Wildman–Crippen MR) is 63.3 cm³/mol. The van der Waals surface area contributed by atoms with Crippen molar-refractivity contribution in [2.45, 2.75) is 6.42 Å². The third kappa shape index (κ3) is 2.91. The summed E-state index contributed by atoms with van der Waals surface area (Å²) in [7, 11) is 2.10. The van der Waals surface area contributed by atoms with Crippen molar-refractivity contribution < 1.29 is 9.90 Å². The average molecular weight is 236 g/mol. The van der Waals surface area contributed by atoms with Crippen molar-refractivity contribution in [3.63, 3.8) is 0 Å². The number of aromatic carboxylic acids is 1. The van der Waals surface area contributed by atoms with Gasteiger partial charge >= 0.3 is 5.97 Å². The number of aromatic nitrogens is 2. The molecular formula is C11H16N4O2. The van der Waals surface area contributed by atoms with Gasteiger partial charge in [-0.2, -0.15) is 0 Å². The lowest BCUT2D eigenvalue weighted by molar-refractivity contribution is 0.0696. The van der Waals surface area contributed by atoms with Crippen molar-refractivity contribution in [1.82, 2.24) is 14.9 Å². The predicted octanol–water partition coefficient (Wildman–Crippen LogP) is 0.317. The Labute approximate surface area is 99.9 Å². The van der Waals surface area contributed by atoms with Crippen molar-refractivity contribution in [1.29, 1.82) is 0 Å². The first kappa shape index (κ1) is 11.8. The molecule has 6 nitrogen and oxygen atoms in total. The first-order valence-corrected chi connectivity index (χ1v) is 5.65. The van der Waals surface area contributed by atoms with Crippen molar-refractivity contribution in [2.75, 3.05) is 38.1 Å². The van der Waals surface area contributed by atoms with E-state index in [-0.39, 0.29) is 5.56 Å². The topological polar surface area (TPSA) is 69.6 Å². The molecular weight excluding hydrogens is 220 g/mol. The van der Waals surface area contributed by atoms with Crippen LogP contribution in [0.2, 0.25) is 0 Å². The first-order valence-electron chi connectivity index (χ1n) is 5.65. The Hall–Kier alpha value is -1.69. The van der Waals surface area contributed by atoms with Gasteiger partial charge in [-0.3, -0.25) is 0 Å². The van der Waals surface area contributed by atoms with Crippen LogP contribution in [-0.2, 0) is 0 Å². The molecule has 0 bridgehead atoms. The number of carbonyl (C=O) groups is 1. The van der Waals surface area contributed by atoms with Gasteiger partial charge in [-0.05, 0) is 20.0 Å². The Morgan fingerprint density at radius 2 is 1.94 bits per heavy atom. The Morgan fingerprint density at radius 1 is 1.24 bits per heavy atom. The Kier molecular flexibility index (Phi) is 3.53. The summed E-state index contributed by atoms with van der Waals surface area (Å²) in [5, 5.41) is 8.77. The molecule has 1 saturated heterocycles. The molecule has 0 saturated carbocycles. The van der Waals surface area contributed by atoms with E-state index in [1.807, 2.05) is 0 Å². The molecule has 0 aliphatic carbocycles. The van der Waals surface area contributed by atoms with E-state index in [0.717, 1.165) is 32.6 Å². The largest absolute Gasteiger partial charge is 0.478 e. The summed E-state index contributed by atoms with van der Waals surface area (Å²) in [5.74, 6) is -0.377. The molecule has 6 heteroatoms. The fourth-order valence-electron chi connectivity index (χ4n) is 1.84. The minimum atomic E-state index is -0.993. The molecule has 0 spiro atoms. The van der Waals surface area contributed by atoms with E-state index in [4.69, 9.17) is 5.11 Å². The van der Waals surface area contributed by atoms with Crippen molar-refractivity contribution in [3.8, 4) is 0 Å². The van der Waals surface area contributed by atoms with Gasteiger partial charge in [0, 0.05) is 32.0 Å². The number of anilines is 1. The lowest BCUT2D eigenvalue weighted by Gasteiger charge is -2.19. The quantitative estimate of drug-likeness (QED) is 0.797. The molecule has 1 aliphatic rings. The van der Waals surface area contributed by atoms with E-state index in [9.17, 15) is 4.79 Å². The summed E-state index contributed by atoms with van der Waals surface area (Å²) in [6, 6.07) is 0. The zero-order chi connectivity index (χ0) is 12.3. The smallest absolute Gasteiger partial charge is 0.338 e. The summed E-state index contributed by atoms with van der Waals surface area (Å²) in [5.41, 5.74) is 0.126. The van der Waals surface area contributed by atoms with Crippen LogP contribution in [0.15, 0.2) is 12.4 Å². The van der Waals surface area contributed by atoms with Crippen LogP contribution < -0.4 is 4.90 Å². The number of carboxylic acids is 1. The van der Waals surface area contributed by atoms with Crippen molar-refractivity contribution in [3.05, 3.63) is 18.0 Å². The Balaban J connectivity index is 2.08. The summed E-state index contributed by atoms with van der Waals surface area (Å²) >= 11 is 0. The van der Waals surface area contributed by atoms with Crippen molar-refractivity contribution in [2.24, 2.45) is 0 Å². The van der Waals surface area contributed by atoms with E-state index in [1.54, 1.807) is 0 Å². The summed E-state index contributed by atoms with van der Waals surface area (Å²) in [6.45, 7) is 3.84. The second-order valence-corrected chi connectivity index (χ2v) is 4.22. The third-order valence-electron chi connectivity index (χ3n) is 2.89. The minimum Gasteiger partial charge on any atom is -0.478 e. The number of carboxylic acid groups (broad SMARTS) is 1. The van der Waals surface area contributed by atoms with Gasteiger partial charge in [0.25, 0.3) is 0 Å². The molecule has 0 atom stereocenters. The fourth-order valence-corrected chi connectivity index (χ4v) is 1.84. The fraction of sp³-hybridized carbons (Fsp3) is 0.545. The van der Waals surface area contributed by atoms with Crippen LogP contribution in [0, 0.1) is 0 Å². The van der Waals surface area contributed by atoms with Crippen LogP contribution in [0.1, 0.15) is 16.8 Å². The molecule has 1 fully saturated rings. The maximum atomic E-state index is 10.7. The van der Waals surface area contributed by atoms with Gasteiger partial charge in [0.1, 0.15) is 0 Å². The van der Waals surface area contributed by atoms with Gasteiger partial charge in [0.15, 0.2) is 0 Å². The highest BCUT2D eigenvalue weighted by atomic mass is 16.4. The van der Waals surface area contributed by atoms with Gasteiger partial charge < -0.3 is 14.9 Å². The highest BCUT2D eigenvalue weighted by molar-refractivity contribution is 5.86. The number of likely N-dealkylation sites (N-methyl/N-ethyl adjacent to an activating group) is 1. The molecule has 1 aliphatic heterocycles. The van der Waals surface area contributed by atoms with Gasteiger partial charge in [0.2, 0.25) is 5.95 Å². The number of rotatable bonds is 2. The van der Waals surface area contributed by atoms with Gasteiger partial charge in [-0.25, -0.2) is 14.8 Å². The van der Waals surface area contributed by atoms with E-state index in [0.29, 0.717) is 5.95 Å². The Bertz CT molecular complexity index is 393. The Morgan fingerprint density at radius 3 is 2.59 bits per heavy atom. The van der Waals surface area contributed by atoms with E-state index in [2.05, 4.69) is 26.8 Å². The zero-order valence-electron chi connectivity index (χ0n) is 9.83. The van der Waals surface area contributed by atoms with Gasteiger partial charge in [-0.15, -0.1) is 0 Å². The first-order chi connectivity index (χ1) is 8.16. The lowest BCUT2D eigenvalue weighted by Crippen LogP contribution is -2.30. The van der Waals surface area contributed by atoms with Gasteiger partial charge in [-0.1, -0.05) is 0 Å². The van der Waals surface area contributed by atoms with Crippen molar-refractivity contribution >= 4 is 11.9 Å². The molecule has 92 valence electrons. The molecule has 17 heavy (non-hydrogen) atoms. The standard InChI is InChI=1S/C11H16N4O2/c1-14-3-2-4-15(6-5-14)11-12-7-9(8-13-11)10(16)17/h7-8H,2-6H2,1H3,(H,16,17). The second-order valence-electron chi connectivity index (χ2n) is 4.22. The van der Waals surface area contributed by atoms with Crippen LogP contribution in [0.3, 0.4) is 0 Å². The molecule has 2 rings (SSSR count). The van der Waals surface area contributed by atoms with Crippen LogP contribution >= 0.6 is 0 Å². The zero-order valence-corrected chi connectivity index (χ0v) is 9.83. The van der Waals surface area contributed by atoms with Crippen LogP contribution in [0.25, 0.3) is 0 Å². The highest BCUT2D eigenvalue weighted by Gasteiger charge is 2.15. The van der Waals surface area contributed by atoms with Crippen LogP contribution in [0.5, 0.6) is 0 Å². The SMILES string of the molecule is CN1CCCN(c2ncc(C(=O)O)cn2)CC1. The minimum absolute atomic E-state index is 0.126. The molecule has 0 aromatic carbocycles. The van der Waals surface area contributed by atoms with Crippen LogP contribution in [0.4, 0.5) is 5.95 Å². The molecule has 1 N–H and O–H groups in total. The summed E-state index contributed by atoms with van der Waals surface area (Å²) in [6.07, 6.45) is 3.79. The van der Waals surface area contributed by atoms with Gasteiger partial charge in [0.05, 0.1) is 5.56 Å².